The second-order valence-corrected chi connectivity index (χ2v) is 4.60. The smallest absolute Gasteiger partial charge is 0.115 e. The molecule has 0 aliphatic carbocycles. The van der Waals surface area contributed by atoms with Crippen LogP contribution in [0.5, 0.6) is 0 Å². The largest absolute Gasteiger partial charge is 0.200 e. The van der Waals surface area contributed by atoms with Crippen LogP contribution >= 0.6 is 0 Å². The molecule has 0 radical (unpaired) electrons. The molecule has 4 rings (SSSR count). The molecule has 0 aliphatic rings. The average molecular weight is 245 g/mol. The molecule has 0 atom stereocenters. The lowest BCUT2D eigenvalue weighted by Crippen LogP contribution is -2.40. The highest BCUT2D eigenvalue weighted by Gasteiger charge is 2.15. The van der Waals surface area contributed by atoms with E-state index in [0.29, 0.717) is 0 Å². The van der Waals surface area contributed by atoms with E-state index in [1.807, 2.05) is 18.2 Å². The summed E-state index contributed by atoms with van der Waals surface area (Å²) < 4.78 is 4.36. The van der Waals surface area contributed by atoms with Gasteiger partial charge in [0.15, 0.2) is 0 Å². The van der Waals surface area contributed by atoms with Crippen LogP contribution in [-0.4, -0.2) is 4.68 Å². The van der Waals surface area contributed by atoms with E-state index >= 15 is 0 Å². The van der Waals surface area contributed by atoms with Gasteiger partial charge in [-0.2, -0.15) is 0 Å². The van der Waals surface area contributed by atoms with E-state index in [1.165, 1.54) is 21.8 Å². The van der Waals surface area contributed by atoms with Gasteiger partial charge in [-0.3, -0.25) is 0 Å². The van der Waals surface area contributed by atoms with Crippen molar-refractivity contribution < 1.29 is 4.68 Å². The molecule has 0 saturated carbocycles. The van der Waals surface area contributed by atoms with Gasteiger partial charge in [-0.05, 0) is 12.1 Å². The summed E-state index contributed by atoms with van der Waals surface area (Å²) >= 11 is 0. The number of nitrogens with zero attached hydrogens (tertiary/aromatic N) is 2. The van der Waals surface area contributed by atoms with E-state index < -0.39 is 0 Å². The molecule has 0 unspecified atom stereocenters. The van der Waals surface area contributed by atoms with Crippen LogP contribution in [-0.2, 0) is 0 Å². The molecule has 0 bridgehead atoms. The minimum absolute atomic E-state index is 1.22. The highest BCUT2D eigenvalue weighted by molar-refractivity contribution is 6.07. The van der Waals surface area contributed by atoms with Crippen molar-refractivity contribution in [2.75, 3.05) is 0 Å². The maximum atomic E-state index is 2.24. The summed E-state index contributed by atoms with van der Waals surface area (Å²) in [6, 6.07) is 23.2. The van der Waals surface area contributed by atoms with Gasteiger partial charge in [-0.15, -0.1) is 4.68 Å². The number of para-hydroxylation sites is 2. The van der Waals surface area contributed by atoms with Gasteiger partial charge in [0.25, 0.3) is 0 Å². The van der Waals surface area contributed by atoms with Gasteiger partial charge < -0.3 is 0 Å². The Kier molecular flexibility index (Phi) is 2.15. The van der Waals surface area contributed by atoms with E-state index in [1.54, 1.807) is 0 Å². The van der Waals surface area contributed by atoms with Gasteiger partial charge in [0.2, 0.25) is 12.4 Å². The van der Waals surface area contributed by atoms with Crippen molar-refractivity contribution in [2.24, 2.45) is 0 Å². The summed E-state index contributed by atoms with van der Waals surface area (Å²) in [5.41, 5.74) is 2.44. The zero-order valence-electron chi connectivity index (χ0n) is 10.4. The molecule has 4 aromatic rings. The molecule has 2 aromatic carbocycles. The third-order valence-corrected chi connectivity index (χ3v) is 3.49. The summed E-state index contributed by atoms with van der Waals surface area (Å²) in [4.78, 5) is 0. The van der Waals surface area contributed by atoms with Gasteiger partial charge in [0, 0.05) is 22.9 Å². The fourth-order valence-electron chi connectivity index (χ4n) is 2.67. The summed E-state index contributed by atoms with van der Waals surface area (Å²) in [7, 11) is 0. The molecule has 0 spiro atoms. The Labute approximate surface area is 111 Å². The molecule has 0 amide bonds. The Morgan fingerprint density at radius 3 is 1.68 bits per heavy atom. The van der Waals surface area contributed by atoms with Crippen molar-refractivity contribution in [3.8, 4) is 0 Å². The number of benzene rings is 2. The molecule has 2 heterocycles. The van der Waals surface area contributed by atoms with Crippen LogP contribution in [0.1, 0.15) is 0 Å². The summed E-state index contributed by atoms with van der Waals surface area (Å²) in [5.74, 6) is 0. The molecule has 19 heavy (non-hydrogen) atoms. The lowest BCUT2D eigenvalue weighted by molar-refractivity contribution is -0.720. The standard InChI is InChI=1S/C17H13N2/c1-6-12-18(13-7-1)19-16-10-4-2-8-14(16)15-9-3-5-11-17(15)19/h1-13H/q+1. The van der Waals surface area contributed by atoms with E-state index in [2.05, 4.69) is 70.3 Å². The van der Waals surface area contributed by atoms with Gasteiger partial charge >= 0.3 is 0 Å². The van der Waals surface area contributed by atoms with Crippen LogP contribution in [0.3, 0.4) is 0 Å². The lowest BCUT2D eigenvalue weighted by Gasteiger charge is -1.99. The fourth-order valence-corrected chi connectivity index (χ4v) is 2.67. The molecule has 90 valence electrons. The number of pyridine rings is 1. The summed E-state index contributed by atoms with van der Waals surface area (Å²) in [6.45, 7) is 0. The SMILES string of the molecule is c1cc[n+](-n2c3ccccc3c3ccccc32)cc1. The van der Waals surface area contributed by atoms with Crippen molar-refractivity contribution >= 4 is 21.8 Å². The second kappa shape index (κ2) is 3.95. The molecular formula is C17H13N2+. The van der Waals surface area contributed by atoms with Crippen molar-refractivity contribution in [3.63, 3.8) is 0 Å². The molecule has 2 nitrogen and oxygen atoms in total. The number of hydrogen-bond acceptors (Lipinski definition) is 0. The van der Waals surface area contributed by atoms with E-state index in [-0.39, 0.29) is 0 Å². The Bertz CT molecular complexity index is 807. The van der Waals surface area contributed by atoms with Crippen LogP contribution in [0.4, 0.5) is 0 Å². The number of rotatable bonds is 1. The van der Waals surface area contributed by atoms with Gasteiger partial charge in [-0.1, -0.05) is 47.1 Å². The van der Waals surface area contributed by atoms with Crippen molar-refractivity contribution in [1.82, 2.24) is 4.68 Å². The molecule has 0 saturated heterocycles. The third-order valence-electron chi connectivity index (χ3n) is 3.49. The highest BCUT2D eigenvalue weighted by Crippen LogP contribution is 2.26. The fraction of sp³-hybridized carbons (Fsp3) is 0. The Morgan fingerprint density at radius 2 is 1.11 bits per heavy atom. The topological polar surface area (TPSA) is 8.81 Å². The predicted octanol–water partition coefficient (Wildman–Crippen LogP) is 3.39. The minimum Gasteiger partial charge on any atom is -0.115 e. The first kappa shape index (κ1) is 10.3. The van der Waals surface area contributed by atoms with E-state index in [9.17, 15) is 0 Å². The monoisotopic (exact) mass is 245 g/mol. The molecule has 2 aromatic heterocycles. The zero-order chi connectivity index (χ0) is 12.7. The van der Waals surface area contributed by atoms with Gasteiger partial charge in [-0.25, -0.2) is 0 Å². The summed E-state index contributed by atoms with van der Waals surface area (Å²) in [6.07, 6.45) is 4.14. The number of aromatic nitrogens is 2. The maximum absolute atomic E-state index is 2.24. The van der Waals surface area contributed by atoms with E-state index in [0.717, 1.165) is 0 Å². The molecule has 0 N–H and O–H groups in total. The molecule has 0 fully saturated rings. The predicted molar refractivity (Wildman–Crippen MR) is 76.9 cm³/mol. The second-order valence-electron chi connectivity index (χ2n) is 4.60. The number of hydrogen-bond donors (Lipinski definition) is 0. The summed E-state index contributed by atoms with van der Waals surface area (Å²) in [5, 5.41) is 2.57. The van der Waals surface area contributed by atoms with Gasteiger partial charge in [0.1, 0.15) is 11.0 Å². The van der Waals surface area contributed by atoms with Crippen molar-refractivity contribution in [2.45, 2.75) is 0 Å². The van der Waals surface area contributed by atoms with Crippen molar-refractivity contribution in [3.05, 3.63) is 79.1 Å². The van der Waals surface area contributed by atoms with Crippen LogP contribution in [0.2, 0.25) is 0 Å². The maximum Gasteiger partial charge on any atom is 0.200 e. The lowest BCUT2D eigenvalue weighted by atomic mass is 10.2. The Hall–Kier alpha value is -2.61. The first-order valence-corrected chi connectivity index (χ1v) is 6.40. The van der Waals surface area contributed by atoms with Crippen LogP contribution in [0, 0.1) is 0 Å². The van der Waals surface area contributed by atoms with Crippen LogP contribution in [0.25, 0.3) is 21.8 Å². The average Bonchev–Trinajstić information content (AvgIpc) is 2.83. The normalized spacial score (nSPS) is 11.2. The highest BCUT2D eigenvalue weighted by atomic mass is 15.4. The Balaban J connectivity index is 2.24. The van der Waals surface area contributed by atoms with Crippen LogP contribution < -0.4 is 4.68 Å². The van der Waals surface area contributed by atoms with E-state index in [4.69, 9.17) is 0 Å². The molecule has 2 heteroatoms. The van der Waals surface area contributed by atoms with Gasteiger partial charge in [0.05, 0.1) is 0 Å². The van der Waals surface area contributed by atoms with Crippen molar-refractivity contribution in [1.29, 1.82) is 0 Å². The molecule has 0 aliphatic heterocycles. The number of fused-ring (bicyclic) bond motifs is 3. The third kappa shape index (κ3) is 1.47. The van der Waals surface area contributed by atoms with Crippen LogP contribution in [0.15, 0.2) is 79.1 Å². The Morgan fingerprint density at radius 1 is 0.579 bits per heavy atom. The quantitative estimate of drug-likeness (QED) is 0.454. The minimum atomic E-state index is 1.22. The first-order chi connectivity index (χ1) is 9.45. The first-order valence-electron chi connectivity index (χ1n) is 6.40. The molecular weight excluding hydrogens is 232 g/mol. The zero-order valence-corrected chi connectivity index (χ0v) is 10.4.